The monoisotopic (exact) mass is 194 g/mol. The van der Waals surface area contributed by atoms with Gasteiger partial charge in [0.25, 0.3) is 0 Å². The van der Waals surface area contributed by atoms with Gasteiger partial charge in [0, 0.05) is 11.7 Å². The van der Waals surface area contributed by atoms with E-state index in [0.29, 0.717) is 0 Å². The fourth-order valence-corrected chi connectivity index (χ4v) is 1.47. The van der Waals surface area contributed by atoms with E-state index in [1.54, 1.807) is 0 Å². The summed E-state index contributed by atoms with van der Waals surface area (Å²) in [7, 11) is 0. The fourth-order valence-electron chi connectivity index (χ4n) is 1.47. The summed E-state index contributed by atoms with van der Waals surface area (Å²) in [5, 5.41) is 0. The topological polar surface area (TPSA) is 30.9 Å². The number of hydrogen-bond acceptors (Lipinski definition) is 1. The zero-order valence-electron chi connectivity index (χ0n) is 10.2. The van der Waals surface area contributed by atoms with Gasteiger partial charge >= 0.3 is 0 Å². The first-order valence-corrected chi connectivity index (χ1v) is 5.11. The highest BCUT2D eigenvalue weighted by molar-refractivity contribution is 5.40. The molecule has 14 heavy (non-hydrogen) atoms. The molecule has 2 N–H and O–H groups in total. The fraction of sp³-hybridized carbons (Fsp3) is 0.667. The number of rotatable bonds is 0. The number of anilines is 1. The molecule has 2 nitrogen and oxygen atoms in total. The third-order valence-corrected chi connectivity index (χ3v) is 2.44. The quantitative estimate of drug-likeness (QED) is 0.676. The Morgan fingerprint density at radius 1 is 1.07 bits per heavy atom. The van der Waals surface area contributed by atoms with Crippen LogP contribution in [0.4, 0.5) is 5.82 Å². The molecular weight excluding hydrogens is 172 g/mol. The maximum atomic E-state index is 5.99. The van der Waals surface area contributed by atoms with Crippen molar-refractivity contribution in [3.05, 3.63) is 17.8 Å². The molecule has 0 aromatic carbocycles. The van der Waals surface area contributed by atoms with Gasteiger partial charge in [-0.15, -0.1) is 0 Å². The van der Waals surface area contributed by atoms with Crippen LogP contribution in [-0.4, -0.2) is 4.57 Å². The van der Waals surface area contributed by atoms with E-state index in [0.717, 1.165) is 5.82 Å². The van der Waals surface area contributed by atoms with Crippen LogP contribution in [-0.2, 0) is 11.0 Å². The molecule has 0 saturated carbocycles. The molecule has 0 radical (unpaired) electrons. The second kappa shape index (κ2) is 3.04. The molecule has 0 aliphatic heterocycles. The Labute approximate surface area is 87.1 Å². The molecule has 80 valence electrons. The molecule has 0 fully saturated rings. The number of nitrogens with two attached hydrogens (primary N) is 1. The first-order valence-electron chi connectivity index (χ1n) is 5.11. The van der Waals surface area contributed by atoms with E-state index >= 15 is 0 Å². The molecule has 1 aromatic rings. The summed E-state index contributed by atoms with van der Waals surface area (Å²) in [6, 6.07) is 2.07. The van der Waals surface area contributed by atoms with Crippen LogP contribution < -0.4 is 5.73 Å². The average Bonchev–Trinajstić information content (AvgIpc) is 2.27. The number of nitrogens with zero attached hydrogens (tertiary/aromatic N) is 1. The summed E-state index contributed by atoms with van der Waals surface area (Å²) in [4.78, 5) is 0. The Balaban J connectivity index is 3.19. The molecule has 0 bridgehead atoms. The predicted molar refractivity (Wildman–Crippen MR) is 62.5 cm³/mol. The molecule has 0 unspecified atom stereocenters. The van der Waals surface area contributed by atoms with Gasteiger partial charge in [0.05, 0.1) is 0 Å². The maximum Gasteiger partial charge on any atom is 0.103 e. The van der Waals surface area contributed by atoms with E-state index in [1.165, 1.54) is 5.56 Å². The first-order chi connectivity index (χ1) is 6.12. The molecule has 1 heterocycles. The Morgan fingerprint density at radius 2 is 1.57 bits per heavy atom. The Kier molecular flexibility index (Phi) is 2.42. The lowest BCUT2D eigenvalue weighted by Gasteiger charge is -2.23. The minimum absolute atomic E-state index is 0.0631. The van der Waals surface area contributed by atoms with Gasteiger partial charge in [-0.25, -0.2) is 0 Å². The van der Waals surface area contributed by atoms with Gasteiger partial charge in [0.1, 0.15) is 5.82 Å². The molecule has 0 aliphatic carbocycles. The summed E-state index contributed by atoms with van der Waals surface area (Å²) >= 11 is 0. The van der Waals surface area contributed by atoms with Gasteiger partial charge in [-0.05, 0) is 37.8 Å². The number of aromatic nitrogens is 1. The molecule has 0 atom stereocenters. The van der Waals surface area contributed by atoms with Crippen molar-refractivity contribution in [1.82, 2.24) is 4.57 Å². The smallest absolute Gasteiger partial charge is 0.103 e. The largest absolute Gasteiger partial charge is 0.385 e. The molecule has 1 rings (SSSR count). The first kappa shape index (κ1) is 11.2. The van der Waals surface area contributed by atoms with Crippen molar-refractivity contribution in [2.45, 2.75) is 52.5 Å². The normalized spacial score (nSPS) is 13.3. The van der Waals surface area contributed by atoms with E-state index in [-0.39, 0.29) is 11.0 Å². The highest BCUT2D eigenvalue weighted by Crippen LogP contribution is 2.29. The van der Waals surface area contributed by atoms with Crippen LogP contribution in [0.25, 0.3) is 0 Å². The minimum atomic E-state index is 0.0631. The van der Waals surface area contributed by atoms with E-state index in [9.17, 15) is 0 Å². The maximum absolute atomic E-state index is 5.99. The lowest BCUT2D eigenvalue weighted by Crippen LogP contribution is -2.22. The molecule has 0 amide bonds. The summed E-state index contributed by atoms with van der Waals surface area (Å²) in [6.45, 7) is 13.1. The lowest BCUT2D eigenvalue weighted by atomic mass is 9.89. The summed E-state index contributed by atoms with van der Waals surface area (Å²) in [5.41, 5.74) is 7.52. The lowest BCUT2D eigenvalue weighted by molar-refractivity contribution is 0.402. The van der Waals surface area contributed by atoms with Gasteiger partial charge in [-0.2, -0.15) is 0 Å². The standard InChI is InChI=1S/C12H22N2/c1-11(2,3)9-7-10(13)14(8-9)12(4,5)6/h7-8H,13H2,1-6H3. The SMILES string of the molecule is CC(C)(C)c1cc(N)n(C(C)(C)C)c1. The second-order valence-corrected chi connectivity index (χ2v) is 5.94. The van der Waals surface area contributed by atoms with Crippen LogP contribution in [0.1, 0.15) is 47.1 Å². The summed E-state index contributed by atoms with van der Waals surface area (Å²) < 4.78 is 2.13. The van der Waals surface area contributed by atoms with Crippen LogP contribution in [0.2, 0.25) is 0 Å². The summed E-state index contributed by atoms with van der Waals surface area (Å²) in [6.07, 6.45) is 2.16. The van der Waals surface area contributed by atoms with E-state index in [4.69, 9.17) is 5.73 Å². The van der Waals surface area contributed by atoms with Crippen molar-refractivity contribution in [3.63, 3.8) is 0 Å². The van der Waals surface area contributed by atoms with Gasteiger partial charge in [-0.3, -0.25) is 0 Å². The van der Waals surface area contributed by atoms with Crippen LogP contribution in [0, 0.1) is 0 Å². The van der Waals surface area contributed by atoms with Gasteiger partial charge in [0.2, 0.25) is 0 Å². The zero-order valence-corrected chi connectivity index (χ0v) is 10.2. The van der Waals surface area contributed by atoms with Crippen LogP contribution >= 0.6 is 0 Å². The highest BCUT2D eigenvalue weighted by Gasteiger charge is 2.21. The van der Waals surface area contributed by atoms with E-state index < -0.39 is 0 Å². The third-order valence-electron chi connectivity index (χ3n) is 2.44. The van der Waals surface area contributed by atoms with Crippen molar-refractivity contribution >= 4 is 5.82 Å². The van der Waals surface area contributed by atoms with E-state index in [1.807, 2.05) is 0 Å². The molecular formula is C12H22N2. The van der Waals surface area contributed by atoms with Gasteiger partial charge in [0.15, 0.2) is 0 Å². The van der Waals surface area contributed by atoms with Crippen LogP contribution in [0.3, 0.4) is 0 Å². The van der Waals surface area contributed by atoms with Crippen molar-refractivity contribution in [1.29, 1.82) is 0 Å². The average molecular weight is 194 g/mol. The second-order valence-electron chi connectivity index (χ2n) is 5.94. The Bertz CT molecular complexity index is 321. The zero-order chi connectivity index (χ0) is 11.1. The van der Waals surface area contributed by atoms with Crippen LogP contribution in [0.15, 0.2) is 12.3 Å². The third kappa shape index (κ3) is 2.11. The summed E-state index contributed by atoms with van der Waals surface area (Å²) in [5.74, 6) is 0.849. The Morgan fingerprint density at radius 3 is 1.79 bits per heavy atom. The van der Waals surface area contributed by atoms with Crippen molar-refractivity contribution in [3.8, 4) is 0 Å². The predicted octanol–water partition coefficient (Wildman–Crippen LogP) is 3.12. The van der Waals surface area contributed by atoms with Crippen LogP contribution in [0.5, 0.6) is 0 Å². The van der Waals surface area contributed by atoms with Gasteiger partial charge in [-0.1, -0.05) is 20.8 Å². The highest BCUT2D eigenvalue weighted by atomic mass is 15.1. The Hall–Kier alpha value is -0.920. The van der Waals surface area contributed by atoms with Crippen molar-refractivity contribution in [2.75, 3.05) is 5.73 Å². The number of hydrogen-bond donors (Lipinski definition) is 1. The molecule has 1 aromatic heterocycles. The van der Waals surface area contributed by atoms with Gasteiger partial charge < -0.3 is 10.3 Å². The molecule has 0 aliphatic rings. The van der Waals surface area contributed by atoms with Crippen molar-refractivity contribution in [2.24, 2.45) is 0 Å². The van der Waals surface area contributed by atoms with Crippen molar-refractivity contribution < 1.29 is 0 Å². The molecule has 2 heteroatoms. The van der Waals surface area contributed by atoms with E-state index in [2.05, 4.69) is 58.4 Å². The number of nitrogen functional groups attached to an aromatic ring is 1. The molecule has 0 saturated heterocycles. The minimum Gasteiger partial charge on any atom is -0.385 e. The molecule has 0 spiro atoms.